The second kappa shape index (κ2) is 27.1. The minimum atomic E-state index is -1.91. The van der Waals surface area contributed by atoms with Gasteiger partial charge in [0.1, 0.15) is 0 Å². The number of anilines is 3. The minimum Gasteiger partial charge on any atom is -0.330 e. The topological polar surface area (TPSA) is 295 Å². The molecule has 9 aromatic rings. The molecule has 0 aliphatic heterocycles. The number of ketones is 3. The van der Waals surface area contributed by atoms with Crippen molar-refractivity contribution in [2.75, 3.05) is 35.6 Å². The van der Waals surface area contributed by atoms with Gasteiger partial charge >= 0.3 is 0 Å². The Morgan fingerprint density at radius 3 is 0.812 bits per heavy atom. The first-order valence-electron chi connectivity index (χ1n) is 28.9. The molecule has 3 amide bonds. The Hall–Kier alpha value is -9.06. The predicted molar refractivity (Wildman–Crippen MR) is 340 cm³/mol. The molecule has 0 fully saturated rings. The summed E-state index contributed by atoms with van der Waals surface area (Å²) >= 11 is 0. The van der Waals surface area contributed by atoms with Crippen LogP contribution < -0.4 is 50.4 Å². The lowest BCUT2D eigenvalue weighted by Crippen LogP contribution is -2.57. The zero-order valence-corrected chi connectivity index (χ0v) is 47.5. The molecule has 0 saturated carbocycles. The van der Waals surface area contributed by atoms with Crippen LogP contribution in [0.2, 0.25) is 0 Å². The van der Waals surface area contributed by atoms with Gasteiger partial charge in [0, 0.05) is 39.7 Å². The molecule has 0 unspecified atom stereocenters. The van der Waals surface area contributed by atoms with E-state index < -0.39 is 57.6 Å². The molecule has 9 aromatic carbocycles. The third kappa shape index (κ3) is 13.6. The fourth-order valence-electron chi connectivity index (χ4n) is 11.0. The summed E-state index contributed by atoms with van der Waals surface area (Å²) in [7, 11) is 0. The summed E-state index contributed by atoms with van der Waals surface area (Å²) in [5, 5.41) is 14.1. The zero-order valence-electron chi connectivity index (χ0n) is 47.5. The first kappa shape index (κ1) is 60.5. The number of Topliss-reactive ketones (excluding diaryl/α,β-unsaturated/α-hetero) is 3. The number of hydrogen-bond donors (Lipinski definition) is 9. The molecule has 0 bridgehead atoms. The molecule has 15 heteroatoms. The first-order chi connectivity index (χ1) is 41.1. The fraction of sp³-hybridized carbons (Fsp3) is 0.229. The lowest BCUT2D eigenvalue weighted by Gasteiger charge is -2.28. The lowest BCUT2D eigenvalue weighted by molar-refractivity contribution is -0.120. The molecule has 0 aliphatic rings. The van der Waals surface area contributed by atoms with Gasteiger partial charge in [-0.3, -0.25) is 28.8 Å². The van der Waals surface area contributed by atoms with E-state index in [1.807, 2.05) is 127 Å². The second-order valence-electron chi connectivity index (χ2n) is 22.0. The van der Waals surface area contributed by atoms with E-state index in [9.17, 15) is 28.8 Å². The van der Waals surface area contributed by atoms with Gasteiger partial charge in [0.2, 0.25) is 0 Å². The van der Waals surface area contributed by atoms with Crippen molar-refractivity contribution in [1.82, 2.24) is 0 Å². The molecule has 85 heavy (non-hydrogen) atoms. The number of rotatable bonds is 27. The summed E-state index contributed by atoms with van der Waals surface area (Å²) in [6.45, 7) is 1.11. The van der Waals surface area contributed by atoms with E-state index in [2.05, 4.69) is 16.0 Å². The number of carbonyl (C=O) groups excluding carboxylic acids is 6. The van der Waals surface area contributed by atoms with Crippen molar-refractivity contribution in [2.24, 2.45) is 34.4 Å². The molecule has 3 atom stereocenters. The summed E-state index contributed by atoms with van der Waals surface area (Å²) in [6.07, 6.45) is 3.24. The smallest absolute Gasteiger partial charge is 0.252 e. The highest BCUT2D eigenvalue weighted by molar-refractivity contribution is 6.23. The zero-order chi connectivity index (χ0) is 60.1. The Morgan fingerprint density at radius 2 is 0.565 bits per heavy atom. The van der Waals surface area contributed by atoms with Crippen molar-refractivity contribution >= 4 is 84.5 Å². The average Bonchev–Trinajstić information content (AvgIpc) is 3.60. The van der Waals surface area contributed by atoms with E-state index in [-0.39, 0.29) is 19.3 Å². The summed E-state index contributed by atoms with van der Waals surface area (Å²) in [4.78, 5) is 85.9. The number of carbonyl (C=O) groups is 6. The van der Waals surface area contributed by atoms with Crippen LogP contribution in [0.5, 0.6) is 0 Å². The van der Waals surface area contributed by atoms with Crippen molar-refractivity contribution in [3.05, 3.63) is 234 Å². The van der Waals surface area contributed by atoms with Crippen LogP contribution in [0, 0.1) is 0 Å². The van der Waals surface area contributed by atoms with Gasteiger partial charge in [-0.15, -0.1) is 0 Å². The van der Waals surface area contributed by atoms with Crippen molar-refractivity contribution in [3.63, 3.8) is 0 Å². The highest BCUT2D eigenvalue weighted by atomic mass is 16.2. The van der Waals surface area contributed by atoms with Crippen LogP contribution in [-0.4, -0.2) is 71.3 Å². The number of hydrogen-bond acceptors (Lipinski definition) is 12. The Bertz CT molecular complexity index is 3490. The predicted octanol–water partition coefficient (Wildman–Crippen LogP) is 10.3. The number of amides is 3. The number of unbranched alkanes of at least 4 members (excludes halogenated alkanes) is 3. The Kier molecular flexibility index (Phi) is 19.3. The van der Waals surface area contributed by atoms with E-state index in [0.29, 0.717) is 91.9 Å². The van der Waals surface area contributed by atoms with Crippen LogP contribution in [-0.2, 0) is 14.4 Å². The molecular weight excluding hydrogens is 1060 g/mol. The molecule has 15 nitrogen and oxygen atoms in total. The number of nitrogens with two attached hydrogens (primary N) is 6. The fourth-order valence-corrected chi connectivity index (χ4v) is 11.0. The van der Waals surface area contributed by atoms with Gasteiger partial charge in [-0.1, -0.05) is 146 Å². The summed E-state index contributed by atoms with van der Waals surface area (Å²) in [5.74, 6) is -4.01. The third-order valence-corrected chi connectivity index (χ3v) is 16.0. The third-order valence-electron chi connectivity index (χ3n) is 16.0. The van der Waals surface area contributed by atoms with Gasteiger partial charge in [0.15, 0.2) is 34.0 Å². The van der Waals surface area contributed by atoms with Crippen molar-refractivity contribution < 1.29 is 28.8 Å². The van der Waals surface area contributed by atoms with Gasteiger partial charge in [-0.25, -0.2) is 0 Å². The van der Waals surface area contributed by atoms with Crippen LogP contribution in [0.3, 0.4) is 0 Å². The monoisotopic (exact) mass is 1140 g/mol. The number of benzene rings is 9. The molecule has 0 aromatic heterocycles. The van der Waals surface area contributed by atoms with E-state index in [4.69, 9.17) is 34.4 Å². The van der Waals surface area contributed by atoms with E-state index in [1.54, 1.807) is 72.8 Å². The van der Waals surface area contributed by atoms with E-state index in [1.165, 1.54) is 0 Å². The maximum atomic E-state index is 14.3. The highest BCUT2D eigenvalue weighted by Gasteiger charge is 2.44. The maximum absolute atomic E-state index is 14.3. The SMILES string of the molecule is NCCCC[C@@](N)(C(=O)Nc1ccc(C(c2ccc(NC(=O)[C@](N)(CCCCN)C(=O)c3ccc4ccccc4c3)cc2)c2ccc(NC(=O)[C@](N)(CCCCN)C(=O)c3ccc4ccccc4c3)cc2)cc1)C(=O)c1ccc2ccccc2c1. The van der Waals surface area contributed by atoms with Crippen LogP contribution >= 0.6 is 0 Å². The van der Waals surface area contributed by atoms with E-state index >= 15 is 0 Å². The number of fused-ring (bicyclic) bond motifs is 3. The Morgan fingerprint density at radius 1 is 0.318 bits per heavy atom. The molecule has 15 N–H and O–H groups in total. The van der Waals surface area contributed by atoms with Crippen LogP contribution in [0.4, 0.5) is 17.1 Å². The van der Waals surface area contributed by atoms with Gasteiger partial charge in [-0.2, -0.15) is 0 Å². The molecular formula is C70H73N9O6. The number of nitrogens with one attached hydrogen (secondary N) is 3. The van der Waals surface area contributed by atoms with Gasteiger partial charge < -0.3 is 50.4 Å². The molecule has 0 radical (unpaired) electrons. The summed E-state index contributed by atoms with van der Waals surface area (Å²) < 4.78 is 0. The van der Waals surface area contributed by atoms with Crippen LogP contribution in [0.25, 0.3) is 32.3 Å². The standard InChI is InChI=1S/C70H73N9O6/c71-40-10-7-37-68(74,62(80)55-22-19-46-13-1-4-16-52(46)43-55)65(83)77-58-31-25-49(26-32-58)61(50-27-33-59(34-28-50)78-66(84)69(75,38-8-11-41-72)63(81)56-23-20-47-14-2-5-17-53(47)44-56)51-29-35-60(36-30-51)79-67(85)70(76,39-9-12-42-73)64(82)57-24-21-48-15-3-6-18-54(48)45-57/h1-6,13-36,43-45,61H,7-12,37-42,71-76H2,(H,77,83)(H,78,84)(H,79,85)/t68-,69-,70-/m0/s1. The molecule has 0 spiro atoms. The van der Waals surface area contributed by atoms with Crippen LogP contribution in [0.15, 0.2) is 200 Å². The van der Waals surface area contributed by atoms with Crippen molar-refractivity contribution in [1.29, 1.82) is 0 Å². The van der Waals surface area contributed by atoms with Crippen LogP contribution in [0.1, 0.15) is 111 Å². The van der Waals surface area contributed by atoms with Gasteiger partial charge in [0.05, 0.1) is 0 Å². The largest absolute Gasteiger partial charge is 0.330 e. The lowest BCUT2D eigenvalue weighted by atomic mass is 9.83. The molecule has 434 valence electrons. The molecule has 0 aliphatic carbocycles. The van der Waals surface area contributed by atoms with Gasteiger partial charge in [0.25, 0.3) is 17.7 Å². The normalized spacial score (nSPS) is 13.6. The Labute approximate surface area is 494 Å². The maximum Gasteiger partial charge on any atom is 0.252 e. The molecule has 0 heterocycles. The summed E-state index contributed by atoms with van der Waals surface area (Å²) in [5.41, 5.74) is 36.9. The molecule has 9 rings (SSSR count). The van der Waals surface area contributed by atoms with Crippen molar-refractivity contribution in [2.45, 2.75) is 80.3 Å². The second-order valence-corrected chi connectivity index (χ2v) is 22.0. The first-order valence-corrected chi connectivity index (χ1v) is 28.9. The van der Waals surface area contributed by atoms with E-state index in [0.717, 1.165) is 49.0 Å². The average molecular weight is 1140 g/mol. The minimum absolute atomic E-state index is 0.0668. The highest BCUT2D eigenvalue weighted by Crippen LogP contribution is 2.36. The quantitative estimate of drug-likeness (QED) is 0.0101. The molecule has 0 saturated heterocycles. The Balaban J connectivity index is 1.01. The summed E-state index contributed by atoms with van der Waals surface area (Å²) in [6, 6.07) is 60.3. The van der Waals surface area contributed by atoms with Gasteiger partial charge in [-0.05, 0) is 181 Å². The van der Waals surface area contributed by atoms with Crippen molar-refractivity contribution in [3.8, 4) is 0 Å².